The van der Waals surface area contributed by atoms with Crippen LogP contribution in [0.5, 0.6) is 0 Å². The summed E-state index contributed by atoms with van der Waals surface area (Å²) in [5.74, 6) is 0.634. The van der Waals surface area contributed by atoms with Gasteiger partial charge in [-0.3, -0.25) is 15.1 Å². The van der Waals surface area contributed by atoms with E-state index >= 15 is 0 Å². The number of aliphatic hydroxyl groups excluding tert-OH is 1. The van der Waals surface area contributed by atoms with Crippen LogP contribution in [0.15, 0.2) is 59.8 Å². The summed E-state index contributed by atoms with van der Waals surface area (Å²) in [7, 11) is 0. The fraction of sp³-hybridized carbons (Fsp3) is 0.160. The molecule has 0 spiro atoms. The van der Waals surface area contributed by atoms with Gasteiger partial charge in [0.05, 0.1) is 29.3 Å². The van der Waals surface area contributed by atoms with E-state index in [1.54, 1.807) is 36.1 Å². The molecule has 0 aliphatic rings. The van der Waals surface area contributed by atoms with Crippen molar-refractivity contribution in [3.63, 3.8) is 0 Å². The van der Waals surface area contributed by atoms with Gasteiger partial charge in [0.15, 0.2) is 11.5 Å². The van der Waals surface area contributed by atoms with E-state index in [-0.39, 0.29) is 0 Å². The van der Waals surface area contributed by atoms with Gasteiger partial charge in [-0.25, -0.2) is 9.97 Å². The molecule has 174 valence electrons. The quantitative estimate of drug-likeness (QED) is 0.230. The van der Waals surface area contributed by atoms with Gasteiger partial charge in [0.1, 0.15) is 17.4 Å². The van der Waals surface area contributed by atoms with Crippen molar-refractivity contribution < 1.29 is 5.11 Å². The Hall–Kier alpha value is -4.15. The van der Waals surface area contributed by atoms with Crippen molar-refractivity contribution in [2.45, 2.75) is 26.0 Å². The molecule has 0 radical (unpaired) electrons. The summed E-state index contributed by atoms with van der Waals surface area (Å²) in [6.07, 6.45) is 7.91. The molecule has 0 saturated heterocycles. The van der Waals surface area contributed by atoms with Gasteiger partial charge in [-0.1, -0.05) is 13.3 Å². The topological polar surface area (TPSA) is 128 Å². The number of hydrogen-bond acceptors (Lipinski definition) is 8. The monoisotopic (exact) mass is 482 g/mol. The molecule has 6 aromatic heterocycles. The molecule has 10 heteroatoms. The zero-order valence-electron chi connectivity index (χ0n) is 18.9. The van der Waals surface area contributed by atoms with Crippen molar-refractivity contribution in [3.05, 3.63) is 59.8 Å². The molecular weight excluding hydrogens is 460 g/mol. The van der Waals surface area contributed by atoms with Crippen LogP contribution in [0.4, 0.5) is 5.69 Å². The number of imidazole rings is 1. The lowest BCUT2D eigenvalue weighted by Crippen LogP contribution is -2.18. The maximum Gasteiger partial charge on any atom is 0.160 e. The summed E-state index contributed by atoms with van der Waals surface area (Å²) in [5, 5.41) is 25.8. The van der Waals surface area contributed by atoms with Gasteiger partial charge >= 0.3 is 0 Å². The Labute approximate surface area is 204 Å². The van der Waals surface area contributed by atoms with Crippen molar-refractivity contribution in [3.8, 4) is 33.9 Å². The van der Waals surface area contributed by atoms with Crippen LogP contribution in [-0.4, -0.2) is 46.5 Å². The fourth-order valence-electron chi connectivity index (χ4n) is 4.13. The molecule has 0 aliphatic carbocycles. The predicted octanol–water partition coefficient (Wildman–Crippen LogP) is 5.22. The summed E-state index contributed by atoms with van der Waals surface area (Å²) in [5.41, 5.74) is 7.47. The van der Waals surface area contributed by atoms with Gasteiger partial charge in [0.25, 0.3) is 0 Å². The Morgan fingerprint density at radius 1 is 1.11 bits per heavy atom. The van der Waals surface area contributed by atoms with Gasteiger partial charge in [-0.15, -0.1) is 0 Å². The number of aromatic nitrogens is 7. The second kappa shape index (κ2) is 8.90. The van der Waals surface area contributed by atoms with Crippen LogP contribution < -0.4 is 5.32 Å². The van der Waals surface area contributed by atoms with Gasteiger partial charge < -0.3 is 15.4 Å². The van der Waals surface area contributed by atoms with E-state index in [0.717, 1.165) is 50.9 Å². The molecule has 6 rings (SSSR count). The van der Waals surface area contributed by atoms with E-state index in [9.17, 15) is 5.11 Å². The van der Waals surface area contributed by atoms with E-state index in [1.165, 1.54) is 0 Å². The average Bonchev–Trinajstić information content (AvgIpc) is 3.63. The average molecular weight is 483 g/mol. The lowest BCUT2D eigenvalue weighted by atomic mass is 10.1. The number of pyridine rings is 3. The van der Waals surface area contributed by atoms with Crippen molar-refractivity contribution in [1.82, 2.24) is 35.1 Å². The van der Waals surface area contributed by atoms with Crippen molar-refractivity contribution in [2.24, 2.45) is 0 Å². The summed E-state index contributed by atoms with van der Waals surface area (Å²) in [4.78, 5) is 21.6. The smallest absolute Gasteiger partial charge is 0.160 e. The Morgan fingerprint density at radius 2 is 2.06 bits per heavy atom. The SMILES string of the molecule is CCCC(O)Nc1cncc(-c2cc3c(-c4nc5c(-c6ccsc6)ccnc5[nH]4)n[nH]c3cn2)c1. The minimum atomic E-state index is -0.617. The highest BCUT2D eigenvalue weighted by molar-refractivity contribution is 7.08. The molecule has 4 N–H and O–H groups in total. The number of nitrogens with one attached hydrogen (secondary N) is 3. The molecule has 9 nitrogen and oxygen atoms in total. The van der Waals surface area contributed by atoms with Gasteiger partial charge in [-0.05, 0) is 47.0 Å². The highest BCUT2D eigenvalue weighted by Gasteiger charge is 2.17. The highest BCUT2D eigenvalue weighted by atomic mass is 32.1. The number of hydrogen-bond donors (Lipinski definition) is 4. The maximum atomic E-state index is 10.1. The second-order valence-corrected chi connectivity index (χ2v) is 9.03. The Morgan fingerprint density at radius 3 is 2.91 bits per heavy atom. The second-order valence-electron chi connectivity index (χ2n) is 8.25. The summed E-state index contributed by atoms with van der Waals surface area (Å²) >= 11 is 1.65. The summed E-state index contributed by atoms with van der Waals surface area (Å²) < 4.78 is 0. The first-order chi connectivity index (χ1) is 17.2. The summed E-state index contributed by atoms with van der Waals surface area (Å²) in [6.45, 7) is 2.03. The normalized spacial score (nSPS) is 12.4. The van der Waals surface area contributed by atoms with E-state index < -0.39 is 6.23 Å². The van der Waals surface area contributed by atoms with Crippen molar-refractivity contribution in [1.29, 1.82) is 0 Å². The van der Waals surface area contributed by atoms with E-state index in [2.05, 4.69) is 52.3 Å². The standard InChI is InChI=1S/C25H22N8OS/c1-2-3-21(34)29-16-8-15(10-26-11-16)19-9-18-20(12-28-19)32-33-23(18)25-30-22-17(14-5-7-35-13-14)4-6-27-24(22)31-25/h4-13,21,29,34H,2-3H2,1H3,(H,32,33)(H,27,30,31). The van der Waals surface area contributed by atoms with E-state index in [1.807, 2.05) is 25.1 Å². The Bertz CT molecular complexity index is 1620. The minimum Gasteiger partial charge on any atom is -0.374 e. The molecule has 6 heterocycles. The molecular formula is C25H22N8OS. The van der Waals surface area contributed by atoms with Crippen molar-refractivity contribution in [2.75, 3.05) is 5.32 Å². The molecule has 0 bridgehead atoms. The highest BCUT2D eigenvalue weighted by Crippen LogP contribution is 2.32. The lowest BCUT2D eigenvalue weighted by Gasteiger charge is -2.13. The molecule has 1 atom stereocenters. The first-order valence-corrected chi connectivity index (χ1v) is 12.3. The zero-order valence-corrected chi connectivity index (χ0v) is 19.7. The number of thiophene rings is 1. The first-order valence-electron chi connectivity index (χ1n) is 11.3. The van der Waals surface area contributed by atoms with Crippen LogP contribution in [0.1, 0.15) is 19.8 Å². The van der Waals surface area contributed by atoms with Gasteiger partial charge in [-0.2, -0.15) is 16.4 Å². The Balaban J connectivity index is 1.40. The molecule has 0 amide bonds. The van der Waals surface area contributed by atoms with Crippen LogP contribution in [0.2, 0.25) is 0 Å². The molecule has 0 aliphatic heterocycles. The number of fused-ring (bicyclic) bond motifs is 2. The number of aliphatic hydroxyl groups is 1. The minimum absolute atomic E-state index is 0.617. The van der Waals surface area contributed by atoms with Crippen LogP contribution in [0.3, 0.4) is 0 Å². The first kappa shape index (κ1) is 21.4. The third-order valence-electron chi connectivity index (χ3n) is 5.82. The molecule has 6 aromatic rings. The molecule has 35 heavy (non-hydrogen) atoms. The number of aromatic amines is 2. The third-order valence-corrected chi connectivity index (χ3v) is 6.50. The zero-order chi connectivity index (χ0) is 23.8. The van der Waals surface area contributed by atoms with Gasteiger partial charge in [0, 0.05) is 28.9 Å². The number of H-pyrrole nitrogens is 2. The van der Waals surface area contributed by atoms with Gasteiger partial charge in [0.2, 0.25) is 0 Å². The number of nitrogens with zero attached hydrogens (tertiary/aromatic N) is 5. The largest absolute Gasteiger partial charge is 0.374 e. The third kappa shape index (κ3) is 4.02. The number of anilines is 1. The van der Waals surface area contributed by atoms with E-state index in [0.29, 0.717) is 23.6 Å². The maximum absolute atomic E-state index is 10.1. The van der Waals surface area contributed by atoms with Crippen LogP contribution in [-0.2, 0) is 0 Å². The molecule has 0 saturated carbocycles. The molecule has 0 fully saturated rings. The summed E-state index contributed by atoms with van der Waals surface area (Å²) in [6, 6.07) is 7.95. The predicted molar refractivity (Wildman–Crippen MR) is 138 cm³/mol. The molecule has 0 aromatic carbocycles. The van der Waals surface area contributed by atoms with E-state index in [4.69, 9.17) is 4.98 Å². The fourth-order valence-corrected chi connectivity index (χ4v) is 4.78. The number of rotatable bonds is 7. The molecule has 1 unspecified atom stereocenters. The van der Waals surface area contributed by atoms with Crippen molar-refractivity contribution >= 4 is 39.1 Å². The lowest BCUT2D eigenvalue weighted by molar-refractivity contribution is 0.192. The Kier molecular flexibility index (Phi) is 5.44. The van der Waals surface area contributed by atoms with Crippen LogP contribution >= 0.6 is 11.3 Å². The van der Waals surface area contributed by atoms with Crippen LogP contribution in [0, 0.1) is 0 Å². The van der Waals surface area contributed by atoms with Crippen LogP contribution in [0.25, 0.3) is 56.0 Å².